The zero-order chi connectivity index (χ0) is 21.0. The number of rotatable bonds is 4. The maximum atomic E-state index is 13.6. The van der Waals surface area contributed by atoms with Crippen LogP contribution in [0, 0.1) is 5.82 Å². The lowest BCUT2D eigenvalue weighted by molar-refractivity contribution is -0.120. The summed E-state index contributed by atoms with van der Waals surface area (Å²) in [5.74, 6) is -1.57. The Balaban J connectivity index is 1.52. The minimum Gasteiger partial charge on any atom is -0.478 e. The summed E-state index contributed by atoms with van der Waals surface area (Å²) in [6, 6.07) is 18.9. The summed E-state index contributed by atoms with van der Waals surface area (Å²) < 4.78 is 13.6. The van der Waals surface area contributed by atoms with Crippen molar-refractivity contribution in [2.45, 2.75) is 24.3 Å². The maximum Gasteiger partial charge on any atom is 0.335 e. The number of aromatic carboxylic acids is 1. The first-order chi connectivity index (χ1) is 14.4. The van der Waals surface area contributed by atoms with E-state index in [0.717, 1.165) is 22.4 Å². The second kappa shape index (κ2) is 6.67. The zero-order valence-corrected chi connectivity index (χ0v) is 16.6. The van der Waals surface area contributed by atoms with Crippen LogP contribution in [0.15, 0.2) is 66.7 Å². The fraction of sp³-hybridized carbons (Fsp3) is 0.167. The minimum atomic E-state index is -1.00. The monoisotopic (exact) mass is 421 g/mol. The first-order valence-corrected chi connectivity index (χ1v) is 9.98. The van der Waals surface area contributed by atoms with Crippen molar-refractivity contribution in [2.24, 2.45) is 0 Å². The molecule has 1 saturated carbocycles. The van der Waals surface area contributed by atoms with Crippen LogP contribution in [0.5, 0.6) is 0 Å². The third-order valence-electron chi connectivity index (χ3n) is 6.12. The Labute approximate surface area is 177 Å². The Morgan fingerprint density at radius 2 is 1.93 bits per heavy atom. The van der Waals surface area contributed by atoms with E-state index in [-0.39, 0.29) is 29.0 Å². The van der Waals surface area contributed by atoms with Crippen molar-refractivity contribution >= 4 is 29.2 Å². The number of hydrogen-bond acceptors (Lipinski definition) is 2. The van der Waals surface area contributed by atoms with Gasteiger partial charge in [-0.25, -0.2) is 9.18 Å². The smallest absolute Gasteiger partial charge is 0.335 e. The van der Waals surface area contributed by atoms with Crippen molar-refractivity contribution in [3.63, 3.8) is 0 Å². The van der Waals surface area contributed by atoms with Crippen LogP contribution < -0.4 is 4.90 Å². The molecule has 1 heterocycles. The normalized spacial score (nSPS) is 21.7. The van der Waals surface area contributed by atoms with Crippen molar-refractivity contribution in [3.05, 3.63) is 99.8 Å². The summed E-state index contributed by atoms with van der Waals surface area (Å²) >= 11 is 5.98. The SMILES string of the molecule is O=C(O)c1cccc(CN2C(=O)[C@]3(C[C@@H]3c3ccc(F)c(Cl)c3)c3ccccc32)c1. The quantitative estimate of drug-likeness (QED) is 0.633. The number of carboxylic acid groups (broad SMARTS) is 1. The fourth-order valence-electron chi connectivity index (χ4n) is 4.62. The van der Waals surface area contributed by atoms with E-state index in [1.807, 2.05) is 30.3 Å². The standard InChI is InChI=1S/C24H17ClFNO3/c25-19-11-15(8-9-20(19)26)18-12-24(18)17-6-1-2-7-21(17)27(23(24)30)13-14-4-3-5-16(10-14)22(28)29/h1-11,18H,12-13H2,(H,28,29)/t18-,24-/m1/s1. The van der Waals surface area contributed by atoms with Crippen LogP contribution in [-0.4, -0.2) is 17.0 Å². The van der Waals surface area contributed by atoms with Gasteiger partial charge in [0, 0.05) is 11.6 Å². The summed E-state index contributed by atoms with van der Waals surface area (Å²) in [4.78, 5) is 26.6. The molecule has 1 spiro atoms. The molecule has 6 heteroatoms. The van der Waals surface area contributed by atoms with Crippen molar-refractivity contribution in [1.29, 1.82) is 0 Å². The van der Waals surface area contributed by atoms with Gasteiger partial charge < -0.3 is 10.0 Å². The molecule has 3 aromatic carbocycles. The van der Waals surface area contributed by atoms with Crippen LogP contribution in [0.3, 0.4) is 0 Å². The lowest BCUT2D eigenvalue weighted by atomic mass is 9.92. The Hall–Kier alpha value is -3.18. The van der Waals surface area contributed by atoms with E-state index in [2.05, 4.69) is 0 Å². The number of nitrogens with zero attached hydrogens (tertiary/aromatic N) is 1. The van der Waals surface area contributed by atoms with Gasteiger partial charge in [-0.2, -0.15) is 0 Å². The van der Waals surface area contributed by atoms with Crippen LogP contribution in [0.2, 0.25) is 5.02 Å². The van der Waals surface area contributed by atoms with Crippen molar-refractivity contribution < 1.29 is 19.1 Å². The molecule has 0 aromatic heterocycles. The summed E-state index contributed by atoms with van der Waals surface area (Å²) in [6.45, 7) is 0.287. The number of anilines is 1. The van der Waals surface area contributed by atoms with Crippen LogP contribution >= 0.6 is 11.6 Å². The predicted molar refractivity (Wildman–Crippen MR) is 111 cm³/mol. The first-order valence-electron chi connectivity index (χ1n) is 9.60. The topological polar surface area (TPSA) is 57.6 Å². The lowest BCUT2D eigenvalue weighted by Crippen LogP contribution is -2.32. The minimum absolute atomic E-state index is 0.0186. The van der Waals surface area contributed by atoms with E-state index in [4.69, 9.17) is 11.6 Å². The van der Waals surface area contributed by atoms with E-state index in [1.54, 1.807) is 29.2 Å². The Morgan fingerprint density at radius 3 is 2.70 bits per heavy atom. The lowest BCUT2D eigenvalue weighted by Gasteiger charge is -2.19. The molecular weight excluding hydrogens is 405 g/mol. The second-order valence-corrected chi connectivity index (χ2v) is 8.22. The number of benzene rings is 3. The van der Waals surface area contributed by atoms with Gasteiger partial charge >= 0.3 is 5.97 Å². The molecule has 0 bridgehead atoms. The van der Waals surface area contributed by atoms with E-state index in [1.165, 1.54) is 12.1 Å². The molecule has 0 radical (unpaired) electrons. The molecule has 1 N–H and O–H groups in total. The van der Waals surface area contributed by atoms with Crippen LogP contribution in [0.25, 0.3) is 0 Å². The van der Waals surface area contributed by atoms with Crippen molar-refractivity contribution in [1.82, 2.24) is 0 Å². The maximum absolute atomic E-state index is 13.6. The van der Waals surface area contributed by atoms with Gasteiger partial charge in [0.2, 0.25) is 5.91 Å². The van der Waals surface area contributed by atoms with Gasteiger partial charge in [-0.15, -0.1) is 0 Å². The Bertz CT molecular complexity index is 1210. The highest BCUT2D eigenvalue weighted by atomic mass is 35.5. The number of carbonyl (C=O) groups is 2. The van der Waals surface area contributed by atoms with Gasteiger partial charge in [-0.1, -0.05) is 48.0 Å². The van der Waals surface area contributed by atoms with Crippen LogP contribution in [-0.2, 0) is 16.8 Å². The van der Waals surface area contributed by atoms with Crippen LogP contribution in [0.1, 0.15) is 39.4 Å². The van der Waals surface area contributed by atoms with Gasteiger partial charge in [0.15, 0.2) is 0 Å². The van der Waals surface area contributed by atoms with E-state index < -0.39 is 17.2 Å². The molecule has 150 valence electrons. The number of para-hydroxylation sites is 1. The van der Waals surface area contributed by atoms with Gasteiger partial charge in [-0.3, -0.25) is 4.79 Å². The van der Waals surface area contributed by atoms with E-state index >= 15 is 0 Å². The highest BCUT2D eigenvalue weighted by Crippen LogP contribution is 2.66. The van der Waals surface area contributed by atoms with Crippen LogP contribution in [0.4, 0.5) is 10.1 Å². The summed E-state index contributed by atoms with van der Waals surface area (Å²) in [5, 5.41) is 9.31. The highest BCUT2D eigenvalue weighted by molar-refractivity contribution is 6.30. The summed E-state index contributed by atoms with van der Waals surface area (Å²) in [6.07, 6.45) is 0.635. The Kier molecular flexibility index (Phi) is 4.19. The molecule has 1 amide bonds. The van der Waals surface area contributed by atoms with Gasteiger partial charge in [0.05, 0.1) is 22.5 Å². The molecule has 1 aliphatic heterocycles. The largest absolute Gasteiger partial charge is 0.478 e. The summed E-state index contributed by atoms with van der Waals surface area (Å²) in [7, 11) is 0. The van der Waals surface area contributed by atoms with Gasteiger partial charge in [0.25, 0.3) is 0 Å². The highest BCUT2D eigenvalue weighted by Gasteiger charge is 2.67. The third kappa shape index (κ3) is 2.73. The summed E-state index contributed by atoms with van der Waals surface area (Å²) in [5.41, 5.74) is 2.89. The van der Waals surface area contributed by atoms with E-state index in [0.29, 0.717) is 6.42 Å². The molecule has 5 rings (SSSR count). The zero-order valence-electron chi connectivity index (χ0n) is 15.8. The number of halogens is 2. The molecule has 3 aromatic rings. The molecule has 0 unspecified atom stereocenters. The molecular formula is C24H17ClFNO3. The molecule has 0 saturated heterocycles. The number of carbonyl (C=O) groups excluding carboxylic acids is 1. The van der Waals surface area contributed by atoms with Gasteiger partial charge in [-0.05, 0) is 53.4 Å². The molecule has 1 fully saturated rings. The average Bonchev–Trinajstić information content (AvgIpc) is 3.46. The average molecular weight is 422 g/mol. The third-order valence-corrected chi connectivity index (χ3v) is 6.41. The second-order valence-electron chi connectivity index (χ2n) is 7.82. The van der Waals surface area contributed by atoms with E-state index in [9.17, 15) is 19.1 Å². The molecule has 30 heavy (non-hydrogen) atoms. The molecule has 2 aliphatic rings. The first kappa shape index (κ1) is 18.8. The number of fused-ring (bicyclic) bond motifs is 2. The van der Waals surface area contributed by atoms with Crippen molar-refractivity contribution in [3.8, 4) is 0 Å². The van der Waals surface area contributed by atoms with Gasteiger partial charge in [0.1, 0.15) is 5.82 Å². The number of carboxylic acids is 1. The Morgan fingerprint density at radius 1 is 1.13 bits per heavy atom. The number of amides is 1. The molecule has 1 aliphatic carbocycles. The van der Waals surface area contributed by atoms with Crippen molar-refractivity contribution in [2.75, 3.05) is 4.90 Å². The number of hydrogen-bond donors (Lipinski definition) is 1. The predicted octanol–water partition coefficient (Wildman–Crippen LogP) is 5.15. The molecule has 4 nitrogen and oxygen atoms in total. The molecule has 2 atom stereocenters. The fourth-order valence-corrected chi connectivity index (χ4v) is 4.81.